The number of carbonyl (C=O) groups is 1. The molecular weight excluding hydrogens is 268 g/mol. The summed E-state index contributed by atoms with van der Waals surface area (Å²) >= 11 is 0. The molecule has 1 atom stereocenters. The second-order valence-corrected chi connectivity index (χ2v) is 5.36. The number of nitrogens with one attached hydrogen (secondary N) is 1. The lowest BCUT2D eigenvalue weighted by atomic mass is 10.1. The first-order valence-electron chi connectivity index (χ1n) is 7.22. The van der Waals surface area contributed by atoms with Crippen LogP contribution in [0, 0.1) is 0 Å². The molecule has 0 aromatic carbocycles. The van der Waals surface area contributed by atoms with Crippen molar-refractivity contribution in [3.05, 3.63) is 0 Å². The number of halogens is 2. The Morgan fingerprint density at radius 3 is 2.60 bits per heavy atom. The van der Waals surface area contributed by atoms with Crippen LogP contribution in [-0.4, -0.2) is 80.2 Å². The summed E-state index contributed by atoms with van der Waals surface area (Å²) in [4.78, 5) is 16.1. The maximum atomic E-state index is 13.1. The van der Waals surface area contributed by atoms with Gasteiger partial charge in [0, 0.05) is 45.8 Å². The van der Waals surface area contributed by atoms with Crippen LogP contribution in [0.5, 0.6) is 0 Å². The van der Waals surface area contributed by atoms with E-state index in [2.05, 4.69) is 10.2 Å². The van der Waals surface area contributed by atoms with Crippen molar-refractivity contribution in [3.8, 4) is 0 Å². The highest BCUT2D eigenvalue weighted by molar-refractivity contribution is 5.82. The lowest BCUT2D eigenvalue weighted by molar-refractivity contribution is -0.135. The summed E-state index contributed by atoms with van der Waals surface area (Å²) in [6.07, 6.45) is -0.379. The van der Waals surface area contributed by atoms with Crippen molar-refractivity contribution < 1.29 is 18.3 Å². The molecule has 0 aliphatic carbocycles. The molecule has 1 N–H and O–H groups in total. The molecule has 7 heteroatoms. The minimum Gasteiger partial charge on any atom is -0.380 e. The zero-order chi connectivity index (χ0) is 14.6. The van der Waals surface area contributed by atoms with Crippen LogP contribution < -0.4 is 5.32 Å². The number of rotatable bonds is 5. The van der Waals surface area contributed by atoms with Crippen LogP contribution in [0.2, 0.25) is 0 Å². The highest BCUT2D eigenvalue weighted by Crippen LogP contribution is 2.26. The van der Waals surface area contributed by atoms with Crippen LogP contribution in [-0.2, 0) is 9.53 Å². The summed E-state index contributed by atoms with van der Waals surface area (Å²) in [5.74, 6) is -2.94. The van der Waals surface area contributed by atoms with Gasteiger partial charge in [0.05, 0.1) is 19.2 Å². The largest absolute Gasteiger partial charge is 0.380 e. The third kappa shape index (κ3) is 4.10. The first kappa shape index (κ1) is 15.6. The first-order chi connectivity index (χ1) is 9.52. The van der Waals surface area contributed by atoms with Crippen LogP contribution in [0.25, 0.3) is 0 Å². The maximum Gasteiger partial charge on any atom is 0.262 e. The summed E-state index contributed by atoms with van der Waals surface area (Å²) < 4.78 is 31.5. The number of piperazine rings is 1. The fourth-order valence-corrected chi connectivity index (χ4v) is 2.64. The van der Waals surface area contributed by atoms with Gasteiger partial charge in [0.1, 0.15) is 0 Å². The molecule has 5 nitrogen and oxygen atoms in total. The normalized spacial score (nSPS) is 26.9. The third-order valence-electron chi connectivity index (χ3n) is 3.85. The Kier molecular flexibility index (Phi) is 5.29. The van der Waals surface area contributed by atoms with Gasteiger partial charge in [-0.05, 0) is 6.92 Å². The van der Waals surface area contributed by atoms with E-state index < -0.39 is 18.5 Å². The molecule has 0 radical (unpaired) electrons. The summed E-state index contributed by atoms with van der Waals surface area (Å²) in [6.45, 7) is 6.60. The van der Waals surface area contributed by atoms with E-state index in [0.29, 0.717) is 26.3 Å². The summed E-state index contributed by atoms with van der Waals surface area (Å²) in [7, 11) is 0. The third-order valence-corrected chi connectivity index (χ3v) is 3.85. The summed E-state index contributed by atoms with van der Waals surface area (Å²) in [5.41, 5.74) is 0. The molecule has 2 saturated heterocycles. The van der Waals surface area contributed by atoms with E-state index in [1.54, 1.807) is 4.90 Å². The Bertz CT molecular complexity index is 334. The Hall–Kier alpha value is -0.790. The quantitative estimate of drug-likeness (QED) is 0.733. The zero-order valence-electron chi connectivity index (χ0n) is 11.9. The van der Waals surface area contributed by atoms with Crippen molar-refractivity contribution in [2.75, 3.05) is 52.5 Å². The predicted molar refractivity (Wildman–Crippen MR) is 70.9 cm³/mol. The van der Waals surface area contributed by atoms with Crippen molar-refractivity contribution in [2.45, 2.75) is 25.3 Å². The van der Waals surface area contributed by atoms with E-state index in [-0.39, 0.29) is 12.3 Å². The lowest BCUT2D eigenvalue weighted by Gasteiger charge is -2.35. The smallest absolute Gasteiger partial charge is 0.262 e. The number of hydrogen-bond donors (Lipinski definition) is 1. The van der Waals surface area contributed by atoms with Crippen LogP contribution >= 0.6 is 0 Å². The molecule has 1 unspecified atom stereocenters. The van der Waals surface area contributed by atoms with Gasteiger partial charge < -0.3 is 9.64 Å². The van der Waals surface area contributed by atoms with Crippen LogP contribution in [0.15, 0.2) is 0 Å². The molecule has 2 aliphatic rings. The standard InChI is InChI=1S/C13H23F2N3O2/c1-2-20-8-7-17-3-5-18(6-4-17)12(19)11-9-13(14,15)10-16-11/h11,16H,2-10H2,1H3. The molecule has 0 saturated carbocycles. The SMILES string of the molecule is CCOCCN1CCN(C(=O)C2CC(F)(F)CN2)CC1. The molecule has 0 spiro atoms. The van der Waals surface area contributed by atoms with Gasteiger partial charge >= 0.3 is 0 Å². The topological polar surface area (TPSA) is 44.8 Å². The fourth-order valence-electron chi connectivity index (χ4n) is 2.64. The van der Waals surface area contributed by atoms with Gasteiger partial charge in [0.25, 0.3) is 5.92 Å². The highest BCUT2D eigenvalue weighted by atomic mass is 19.3. The van der Waals surface area contributed by atoms with Gasteiger partial charge in [0.15, 0.2) is 0 Å². The van der Waals surface area contributed by atoms with Gasteiger partial charge in [-0.3, -0.25) is 15.0 Å². The van der Waals surface area contributed by atoms with Crippen molar-refractivity contribution in [3.63, 3.8) is 0 Å². The van der Waals surface area contributed by atoms with Crippen molar-refractivity contribution in [1.82, 2.24) is 15.1 Å². The molecule has 2 rings (SSSR count). The average Bonchev–Trinajstić information content (AvgIpc) is 2.79. The molecule has 2 heterocycles. The monoisotopic (exact) mass is 291 g/mol. The zero-order valence-corrected chi connectivity index (χ0v) is 11.9. The minimum atomic E-state index is -2.75. The minimum absolute atomic E-state index is 0.188. The van der Waals surface area contributed by atoms with E-state index in [0.717, 1.165) is 19.6 Å². The summed E-state index contributed by atoms with van der Waals surface area (Å²) in [6, 6.07) is -0.722. The molecular formula is C13H23F2N3O2. The van der Waals surface area contributed by atoms with Gasteiger partial charge in [-0.1, -0.05) is 0 Å². The second-order valence-electron chi connectivity index (χ2n) is 5.36. The number of ether oxygens (including phenoxy) is 1. The van der Waals surface area contributed by atoms with E-state index in [1.807, 2.05) is 6.92 Å². The van der Waals surface area contributed by atoms with Gasteiger partial charge in [-0.25, -0.2) is 8.78 Å². The Morgan fingerprint density at radius 2 is 2.05 bits per heavy atom. The van der Waals surface area contributed by atoms with Crippen LogP contribution in [0.1, 0.15) is 13.3 Å². The molecule has 0 aromatic rings. The van der Waals surface area contributed by atoms with Crippen molar-refractivity contribution in [2.24, 2.45) is 0 Å². The molecule has 1 amide bonds. The number of alkyl halides is 2. The van der Waals surface area contributed by atoms with Gasteiger partial charge in [-0.2, -0.15) is 0 Å². The van der Waals surface area contributed by atoms with E-state index in [4.69, 9.17) is 4.74 Å². The van der Waals surface area contributed by atoms with E-state index >= 15 is 0 Å². The molecule has 20 heavy (non-hydrogen) atoms. The van der Waals surface area contributed by atoms with Crippen LogP contribution in [0.3, 0.4) is 0 Å². The predicted octanol–water partition coefficient (Wildman–Crippen LogP) is 0.164. The molecule has 0 bridgehead atoms. The van der Waals surface area contributed by atoms with Crippen LogP contribution in [0.4, 0.5) is 8.78 Å². The second kappa shape index (κ2) is 6.78. The Labute approximate surface area is 118 Å². The van der Waals surface area contributed by atoms with E-state index in [9.17, 15) is 13.6 Å². The number of nitrogens with zero attached hydrogens (tertiary/aromatic N) is 2. The Morgan fingerprint density at radius 1 is 1.35 bits per heavy atom. The average molecular weight is 291 g/mol. The fraction of sp³-hybridized carbons (Fsp3) is 0.923. The molecule has 2 fully saturated rings. The van der Waals surface area contributed by atoms with Gasteiger partial charge in [0.2, 0.25) is 5.91 Å². The summed E-state index contributed by atoms with van der Waals surface area (Å²) in [5, 5.41) is 2.62. The molecule has 0 aromatic heterocycles. The van der Waals surface area contributed by atoms with Crippen molar-refractivity contribution in [1.29, 1.82) is 0 Å². The van der Waals surface area contributed by atoms with Crippen molar-refractivity contribution >= 4 is 5.91 Å². The number of carbonyl (C=O) groups excluding carboxylic acids is 1. The van der Waals surface area contributed by atoms with Gasteiger partial charge in [-0.15, -0.1) is 0 Å². The van der Waals surface area contributed by atoms with E-state index in [1.165, 1.54) is 0 Å². The highest BCUT2D eigenvalue weighted by Gasteiger charge is 2.43. The molecule has 116 valence electrons. The number of hydrogen-bond acceptors (Lipinski definition) is 4. The first-order valence-corrected chi connectivity index (χ1v) is 7.22. The maximum absolute atomic E-state index is 13.1. The lowest BCUT2D eigenvalue weighted by Crippen LogP contribution is -2.53. The number of amides is 1. The molecule has 2 aliphatic heterocycles. The Balaban J connectivity index is 1.72.